The quantitative estimate of drug-likeness (QED) is 0.259. The predicted molar refractivity (Wildman–Crippen MR) is 148 cm³/mol. The summed E-state index contributed by atoms with van der Waals surface area (Å²) in [7, 11) is 2.96. The van der Waals surface area contributed by atoms with E-state index in [0.717, 1.165) is 11.3 Å². The first-order valence-corrected chi connectivity index (χ1v) is 13.2. The topological polar surface area (TPSA) is 128 Å². The first kappa shape index (κ1) is 26.9. The summed E-state index contributed by atoms with van der Waals surface area (Å²) < 4.78 is 22.4. The third kappa shape index (κ3) is 4.37. The van der Waals surface area contributed by atoms with Crippen LogP contribution in [0.1, 0.15) is 51.4 Å². The molecule has 0 saturated carbocycles. The van der Waals surface area contributed by atoms with Gasteiger partial charge in [-0.3, -0.25) is 19.3 Å². The molecule has 11 heteroatoms. The van der Waals surface area contributed by atoms with Crippen LogP contribution in [-0.4, -0.2) is 48.4 Å². The number of amides is 1. The van der Waals surface area contributed by atoms with Gasteiger partial charge >= 0.3 is 0 Å². The predicted octanol–water partition coefficient (Wildman–Crippen LogP) is 5.60. The number of aliphatic hydroxyl groups excluding tert-OH is 1. The molecule has 0 radical (unpaired) electrons. The van der Waals surface area contributed by atoms with Crippen molar-refractivity contribution >= 4 is 44.9 Å². The number of aromatic nitrogens is 1. The zero-order valence-electron chi connectivity index (χ0n) is 22.4. The molecule has 2 aromatic carbocycles. The van der Waals surface area contributed by atoms with E-state index in [1.54, 1.807) is 43.3 Å². The summed E-state index contributed by atoms with van der Waals surface area (Å²) in [6.45, 7) is 5.30. The van der Waals surface area contributed by atoms with Crippen LogP contribution in [0.3, 0.4) is 0 Å². The van der Waals surface area contributed by atoms with Crippen molar-refractivity contribution < 1.29 is 38.1 Å². The number of aliphatic hydroxyl groups is 1. The highest BCUT2D eigenvalue weighted by Gasteiger charge is 2.47. The van der Waals surface area contributed by atoms with Gasteiger partial charge in [0.05, 0.1) is 43.0 Å². The smallest absolute Gasteiger partial charge is 0.296 e. The van der Waals surface area contributed by atoms with Gasteiger partial charge in [0, 0.05) is 12.3 Å². The fraction of sp³-hybridized carbons (Fsp3) is 0.241. The van der Waals surface area contributed by atoms with Crippen LogP contribution in [0.2, 0.25) is 0 Å². The van der Waals surface area contributed by atoms with E-state index in [-0.39, 0.29) is 22.2 Å². The second-order valence-corrected chi connectivity index (χ2v) is 9.95. The van der Waals surface area contributed by atoms with Crippen molar-refractivity contribution in [3.05, 3.63) is 75.7 Å². The minimum Gasteiger partial charge on any atom is -0.503 e. The second-order valence-electron chi connectivity index (χ2n) is 8.97. The van der Waals surface area contributed by atoms with E-state index < -0.39 is 23.5 Å². The molecule has 0 saturated heterocycles. The van der Waals surface area contributed by atoms with Gasteiger partial charge in [-0.1, -0.05) is 29.5 Å². The van der Waals surface area contributed by atoms with Crippen LogP contribution in [0.15, 0.2) is 58.2 Å². The number of ether oxygens (including phenoxy) is 3. The van der Waals surface area contributed by atoms with Crippen molar-refractivity contribution in [1.29, 1.82) is 0 Å². The number of hydrogen-bond acceptors (Lipinski definition) is 10. The Hall–Kier alpha value is -4.64. The molecule has 0 fully saturated rings. The fourth-order valence-corrected chi connectivity index (χ4v) is 5.72. The lowest BCUT2D eigenvalue weighted by Gasteiger charge is -2.25. The SMILES string of the molecule is CCOc1ccc(C2C(C(=O)c3cc4cccc(OC)c4o3)=C(O)C(=O)N2c2nc(C)c(C(C)=O)s2)cc1OC. The Labute approximate surface area is 233 Å². The van der Waals surface area contributed by atoms with Gasteiger partial charge in [-0.2, -0.15) is 0 Å². The van der Waals surface area contributed by atoms with Gasteiger partial charge < -0.3 is 23.7 Å². The number of nitrogens with zero attached hydrogens (tertiary/aromatic N) is 2. The maximum absolute atomic E-state index is 14.0. The van der Waals surface area contributed by atoms with Gasteiger partial charge in [-0.25, -0.2) is 4.98 Å². The summed E-state index contributed by atoms with van der Waals surface area (Å²) in [6, 6.07) is 10.6. The average molecular weight is 563 g/mol. The Bertz CT molecular complexity index is 1700. The van der Waals surface area contributed by atoms with Gasteiger partial charge in [0.15, 0.2) is 45.3 Å². The third-order valence-corrected chi connectivity index (χ3v) is 7.78. The van der Waals surface area contributed by atoms with Gasteiger partial charge in [0.25, 0.3) is 5.91 Å². The lowest BCUT2D eigenvalue weighted by Crippen LogP contribution is -2.31. The van der Waals surface area contributed by atoms with Crippen LogP contribution in [0, 0.1) is 6.92 Å². The van der Waals surface area contributed by atoms with Crippen molar-refractivity contribution in [3.8, 4) is 17.2 Å². The summed E-state index contributed by atoms with van der Waals surface area (Å²) in [6.07, 6.45) is 0. The summed E-state index contributed by atoms with van der Waals surface area (Å²) >= 11 is 1.01. The highest BCUT2D eigenvalue weighted by molar-refractivity contribution is 7.17. The second kappa shape index (κ2) is 10.5. The third-order valence-electron chi connectivity index (χ3n) is 6.52. The van der Waals surface area contributed by atoms with Gasteiger partial charge in [-0.05, 0) is 43.7 Å². The maximum Gasteiger partial charge on any atom is 0.296 e. The van der Waals surface area contributed by atoms with Crippen LogP contribution in [0.4, 0.5) is 5.13 Å². The Balaban J connectivity index is 1.69. The molecule has 206 valence electrons. The van der Waals surface area contributed by atoms with E-state index in [0.29, 0.717) is 51.0 Å². The van der Waals surface area contributed by atoms with E-state index in [1.807, 2.05) is 6.92 Å². The molecule has 1 aliphatic rings. The largest absolute Gasteiger partial charge is 0.503 e. The van der Waals surface area contributed by atoms with E-state index in [9.17, 15) is 19.5 Å². The molecule has 3 heterocycles. The molecule has 1 amide bonds. The van der Waals surface area contributed by atoms with Crippen molar-refractivity contribution in [1.82, 2.24) is 4.98 Å². The summed E-state index contributed by atoms with van der Waals surface area (Å²) in [5.74, 6) is -1.29. The van der Waals surface area contributed by atoms with Crippen molar-refractivity contribution in [3.63, 3.8) is 0 Å². The van der Waals surface area contributed by atoms with Crippen LogP contribution in [-0.2, 0) is 4.79 Å². The molecule has 1 atom stereocenters. The fourth-order valence-electron chi connectivity index (χ4n) is 4.73. The first-order valence-electron chi connectivity index (χ1n) is 12.4. The van der Waals surface area contributed by atoms with E-state index in [2.05, 4.69) is 4.98 Å². The van der Waals surface area contributed by atoms with Crippen molar-refractivity contribution in [2.24, 2.45) is 0 Å². The summed E-state index contributed by atoms with van der Waals surface area (Å²) in [5, 5.41) is 11.9. The molecule has 40 heavy (non-hydrogen) atoms. The zero-order valence-corrected chi connectivity index (χ0v) is 23.3. The number of carbonyl (C=O) groups is 3. The van der Waals surface area contributed by atoms with E-state index >= 15 is 0 Å². The first-order chi connectivity index (χ1) is 19.2. The van der Waals surface area contributed by atoms with Crippen LogP contribution in [0.25, 0.3) is 11.0 Å². The van der Waals surface area contributed by atoms with E-state index in [1.165, 1.54) is 32.1 Å². The molecule has 0 bridgehead atoms. The molecule has 1 unspecified atom stereocenters. The number of hydrogen-bond donors (Lipinski definition) is 1. The number of methoxy groups -OCH3 is 2. The zero-order chi connectivity index (χ0) is 28.7. The summed E-state index contributed by atoms with van der Waals surface area (Å²) in [5.41, 5.74) is 1.04. The highest BCUT2D eigenvalue weighted by atomic mass is 32.1. The van der Waals surface area contributed by atoms with Crippen LogP contribution in [0.5, 0.6) is 17.2 Å². The number of Topliss-reactive ketones (excluding diaryl/α,β-unsaturated/α-hetero) is 2. The minimum atomic E-state index is -1.11. The number of thiazole rings is 1. The molecule has 0 aliphatic carbocycles. The molecule has 1 aliphatic heterocycles. The van der Waals surface area contributed by atoms with E-state index in [4.69, 9.17) is 18.6 Å². The van der Waals surface area contributed by atoms with Gasteiger partial charge in [0.1, 0.15) is 0 Å². The number of para-hydroxylation sites is 1. The number of anilines is 1. The van der Waals surface area contributed by atoms with Crippen LogP contribution < -0.4 is 19.1 Å². The van der Waals surface area contributed by atoms with Crippen molar-refractivity contribution in [2.45, 2.75) is 26.8 Å². The molecule has 1 N–H and O–H groups in total. The monoisotopic (exact) mass is 562 g/mol. The molecular weight excluding hydrogens is 536 g/mol. The molecule has 10 nitrogen and oxygen atoms in total. The lowest BCUT2D eigenvalue weighted by molar-refractivity contribution is -0.117. The molecule has 4 aromatic rings. The molecule has 0 spiro atoms. The Morgan fingerprint density at radius 2 is 1.85 bits per heavy atom. The molecule has 2 aromatic heterocycles. The number of ketones is 2. The Morgan fingerprint density at radius 3 is 2.50 bits per heavy atom. The number of furan rings is 1. The number of carbonyl (C=O) groups excluding carboxylic acids is 3. The normalized spacial score (nSPS) is 15.2. The van der Waals surface area contributed by atoms with Crippen molar-refractivity contribution in [2.75, 3.05) is 25.7 Å². The molecular formula is C29H26N2O8S. The Morgan fingerprint density at radius 1 is 1.10 bits per heavy atom. The highest BCUT2D eigenvalue weighted by Crippen LogP contribution is 2.46. The van der Waals surface area contributed by atoms with Gasteiger partial charge in [-0.15, -0.1) is 0 Å². The molecule has 5 rings (SSSR count). The number of rotatable bonds is 9. The Kier molecular flexibility index (Phi) is 7.07. The summed E-state index contributed by atoms with van der Waals surface area (Å²) in [4.78, 5) is 45.7. The standard InChI is InChI=1S/C29H26N2O8S/c1-6-38-18-11-10-16(12-20(18)37-5)23-22(24(33)21-13-17-8-7-9-19(36-4)26(17)39-21)25(34)28(35)31(23)29-30-14(2)27(40-29)15(3)32/h7-13,23,34H,6H2,1-5H3. The van der Waals surface area contributed by atoms with Crippen LogP contribution >= 0.6 is 11.3 Å². The number of benzene rings is 2. The average Bonchev–Trinajstić information content (AvgIpc) is 3.62. The maximum atomic E-state index is 14.0. The minimum absolute atomic E-state index is 0.0849. The van der Waals surface area contributed by atoms with Gasteiger partial charge in [0.2, 0.25) is 5.78 Å². The number of aryl methyl sites for hydroxylation is 1. The number of fused-ring (bicyclic) bond motifs is 1. The lowest BCUT2D eigenvalue weighted by atomic mass is 9.95.